The van der Waals surface area contributed by atoms with Crippen molar-refractivity contribution in [2.75, 3.05) is 11.4 Å². The van der Waals surface area contributed by atoms with Crippen LogP contribution in [0.2, 0.25) is 0 Å². The number of esters is 2. The van der Waals surface area contributed by atoms with E-state index in [4.69, 9.17) is 20.2 Å². The van der Waals surface area contributed by atoms with E-state index in [9.17, 15) is 29.1 Å². The number of aliphatic imine (C=N–C) groups is 1. The Morgan fingerprint density at radius 2 is 1.94 bits per heavy atom. The summed E-state index contributed by atoms with van der Waals surface area (Å²) in [5.41, 5.74) is 8.08. The van der Waals surface area contributed by atoms with Gasteiger partial charge in [-0.15, -0.1) is 0 Å². The van der Waals surface area contributed by atoms with Gasteiger partial charge in [0, 0.05) is 17.7 Å². The Bertz CT molecular complexity index is 1990. The first-order valence-corrected chi connectivity index (χ1v) is 17.1. The Kier molecular flexibility index (Phi) is 9.49. The number of nitrogens with one attached hydrogen (secondary N) is 1. The second-order valence-electron chi connectivity index (χ2n) is 13.5. The van der Waals surface area contributed by atoms with Gasteiger partial charge < -0.3 is 35.1 Å². The predicted molar refractivity (Wildman–Crippen MR) is 185 cm³/mol. The number of aromatic nitrogens is 2. The number of amides is 1. The number of ether oxygens (including phenoxy) is 2. The minimum atomic E-state index is -2.04. The number of cyclic esters (lactones) is 1. The summed E-state index contributed by atoms with van der Waals surface area (Å²) in [6.07, 6.45) is 4.29. The summed E-state index contributed by atoms with van der Waals surface area (Å²) in [4.78, 5) is 77.6. The average Bonchev–Trinajstić information content (AvgIpc) is 3.45. The summed E-state index contributed by atoms with van der Waals surface area (Å²) in [5.74, 6) is -4.09. The van der Waals surface area contributed by atoms with Gasteiger partial charge in [0.1, 0.15) is 12.6 Å². The number of unbranched alkanes of at least 4 members (excludes halogenated alkanes) is 2. The molecule has 1 amide bonds. The number of hydrogen-bond acceptors (Lipinski definition) is 11. The van der Waals surface area contributed by atoms with E-state index in [0.717, 1.165) is 48.1 Å². The summed E-state index contributed by atoms with van der Waals surface area (Å²) in [6.45, 7) is 8.12. The van der Waals surface area contributed by atoms with Gasteiger partial charge in [-0.25, -0.2) is 19.6 Å². The van der Waals surface area contributed by atoms with Crippen molar-refractivity contribution >= 4 is 52.4 Å². The molecule has 6 rings (SSSR count). The van der Waals surface area contributed by atoms with Crippen LogP contribution >= 0.6 is 0 Å². The number of aliphatic carboxylic acids is 1. The van der Waals surface area contributed by atoms with Gasteiger partial charge in [0.05, 0.1) is 64.6 Å². The number of fused-ring (bicyclic) bond motifs is 5. The number of nitrogens with zero attached hydrogens (tertiary/aromatic N) is 4. The molecule has 0 fully saturated rings. The van der Waals surface area contributed by atoms with Crippen molar-refractivity contribution in [3.05, 3.63) is 51.3 Å². The fourth-order valence-electron chi connectivity index (χ4n) is 7.06. The van der Waals surface area contributed by atoms with Crippen LogP contribution in [0.4, 0.5) is 11.4 Å². The first kappa shape index (κ1) is 34.7. The van der Waals surface area contributed by atoms with Crippen molar-refractivity contribution in [1.82, 2.24) is 14.9 Å². The monoisotopic (exact) mass is 686 g/mol. The lowest BCUT2D eigenvalue weighted by Gasteiger charge is -2.36. The fourth-order valence-corrected chi connectivity index (χ4v) is 7.06. The molecule has 0 saturated heterocycles. The number of rotatable bonds is 13. The zero-order valence-corrected chi connectivity index (χ0v) is 28.7. The number of anilines is 1. The van der Waals surface area contributed by atoms with E-state index in [1.807, 2.05) is 38.4 Å². The smallest absolute Gasteiger partial charge is 0.355 e. The quantitative estimate of drug-likeness (QED) is 0.137. The third-order valence-electron chi connectivity index (χ3n) is 9.59. The number of hydrogen-bond donors (Lipinski definition) is 3. The highest BCUT2D eigenvalue weighted by atomic mass is 16.6. The van der Waals surface area contributed by atoms with E-state index in [0.29, 0.717) is 23.3 Å². The lowest BCUT2D eigenvalue weighted by molar-refractivity contribution is -0.190. The highest BCUT2D eigenvalue weighted by molar-refractivity contribution is 6.11. The molecule has 0 aliphatic carbocycles. The average molecular weight is 687 g/mol. The molecule has 14 nitrogen and oxygen atoms in total. The van der Waals surface area contributed by atoms with E-state index in [1.165, 1.54) is 0 Å². The molecule has 3 aliphatic rings. The maximum atomic E-state index is 14.2. The summed E-state index contributed by atoms with van der Waals surface area (Å²) in [6, 6.07) is 4.73. The van der Waals surface area contributed by atoms with Crippen LogP contribution in [0.25, 0.3) is 22.3 Å². The maximum Gasteiger partial charge on any atom is 0.355 e. The van der Waals surface area contributed by atoms with Crippen LogP contribution in [0.5, 0.6) is 0 Å². The molecule has 264 valence electrons. The van der Waals surface area contributed by atoms with Gasteiger partial charge in [-0.05, 0) is 43.4 Å². The normalized spacial score (nSPS) is 18.3. The zero-order chi connectivity index (χ0) is 35.9. The SMILES string of the molecule is CCCCCN1C=Nc2cccc3nc4c(c1c23)Cn1c-4cc2c(c1=O)COC(=O)[C@@]2(CC)OC(=O)C[C@@H](NC(=O)[C@@H](N)CC(C)C)C(=O)O. The third-order valence-corrected chi connectivity index (χ3v) is 9.59. The zero-order valence-electron chi connectivity index (χ0n) is 28.7. The van der Waals surface area contributed by atoms with Gasteiger partial charge in [-0.3, -0.25) is 14.4 Å². The van der Waals surface area contributed by atoms with Crippen molar-refractivity contribution in [3.63, 3.8) is 0 Å². The molecular formula is C36H42N6O8. The van der Waals surface area contributed by atoms with Crippen molar-refractivity contribution in [3.8, 4) is 11.4 Å². The summed E-state index contributed by atoms with van der Waals surface area (Å²) < 4.78 is 12.9. The van der Waals surface area contributed by atoms with Gasteiger partial charge in [-0.1, -0.05) is 46.6 Å². The number of carbonyl (C=O) groups is 4. The number of carbonyl (C=O) groups excluding carboxylic acids is 3. The van der Waals surface area contributed by atoms with Gasteiger partial charge in [0.15, 0.2) is 0 Å². The molecule has 0 saturated carbocycles. The molecule has 0 bridgehead atoms. The Morgan fingerprint density at radius 3 is 2.64 bits per heavy atom. The topological polar surface area (TPSA) is 196 Å². The summed E-state index contributed by atoms with van der Waals surface area (Å²) in [7, 11) is 0. The summed E-state index contributed by atoms with van der Waals surface area (Å²) >= 11 is 0. The highest BCUT2D eigenvalue weighted by Crippen LogP contribution is 2.47. The Hall–Kier alpha value is -5.11. The molecule has 3 aromatic rings. The molecule has 0 radical (unpaired) electrons. The number of nitrogens with two attached hydrogens (primary N) is 1. The van der Waals surface area contributed by atoms with Gasteiger partial charge in [0.2, 0.25) is 11.5 Å². The Labute approximate surface area is 288 Å². The second-order valence-corrected chi connectivity index (χ2v) is 13.5. The summed E-state index contributed by atoms with van der Waals surface area (Å²) in [5, 5.41) is 13.0. The van der Waals surface area contributed by atoms with Crippen molar-refractivity contribution in [2.45, 2.75) is 97.1 Å². The number of pyridine rings is 2. The van der Waals surface area contributed by atoms with Gasteiger partial charge in [-0.2, -0.15) is 0 Å². The van der Waals surface area contributed by atoms with E-state index in [-0.39, 0.29) is 36.6 Å². The van der Waals surface area contributed by atoms with E-state index < -0.39 is 53.5 Å². The van der Waals surface area contributed by atoms with Crippen LogP contribution in [-0.4, -0.2) is 63.4 Å². The van der Waals surface area contributed by atoms with Crippen molar-refractivity contribution in [2.24, 2.45) is 16.6 Å². The Morgan fingerprint density at radius 1 is 1.16 bits per heavy atom. The first-order valence-electron chi connectivity index (χ1n) is 17.1. The number of carboxylic acid groups (broad SMARTS) is 1. The highest BCUT2D eigenvalue weighted by Gasteiger charge is 2.51. The Balaban J connectivity index is 1.38. The van der Waals surface area contributed by atoms with E-state index in [2.05, 4.69) is 22.1 Å². The minimum Gasteiger partial charge on any atom is -0.480 e. The molecule has 50 heavy (non-hydrogen) atoms. The molecule has 2 aromatic heterocycles. The fraction of sp³-hybridized carbons (Fsp3) is 0.472. The molecular weight excluding hydrogens is 644 g/mol. The van der Waals surface area contributed by atoms with Crippen LogP contribution < -0.4 is 21.5 Å². The minimum absolute atomic E-state index is 0.0802. The maximum absolute atomic E-state index is 14.2. The standard InChI is InChI=1S/C36H42N6O8/c1-5-7-8-12-41-18-38-24-10-9-11-25-29(24)31(41)20-16-42-27(30(20)39-25)14-22-21(33(42)45)17-49-35(48)36(22,6-2)50-28(43)15-26(34(46)47)40-32(44)23(37)13-19(3)4/h9-11,14,18-19,23,26H,5-8,12-13,15-17,37H2,1-4H3,(H,40,44)(H,46,47)/t23-,26+,36-/m0/s1. The van der Waals surface area contributed by atoms with E-state index >= 15 is 0 Å². The van der Waals surface area contributed by atoms with Crippen LogP contribution in [0.3, 0.4) is 0 Å². The molecule has 3 atom stereocenters. The molecule has 1 aromatic carbocycles. The third kappa shape index (κ3) is 6.01. The van der Waals surface area contributed by atoms with Crippen LogP contribution in [0.15, 0.2) is 34.1 Å². The van der Waals surface area contributed by atoms with Crippen molar-refractivity contribution < 1.29 is 33.8 Å². The van der Waals surface area contributed by atoms with Crippen LogP contribution in [-0.2, 0) is 47.4 Å². The predicted octanol–water partition coefficient (Wildman–Crippen LogP) is 3.63. The lowest BCUT2D eigenvalue weighted by atomic mass is 9.85. The molecule has 0 spiro atoms. The molecule has 5 heterocycles. The van der Waals surface area contributed by atoms with Crippen LogP contribution in [0.1, 0.15) is 82.9 Å². The molecule has 0 unspecified atom stereocenters. The molecule has 14 heteroatoms. The second kappa shape index (κ2) is 13.7. The van der Waals surface area contributed by atoms with Crippen molar-refractivity contribution in [1.29, 1.82) is 0 Å². The first-order chi connectivity index (χ1) is 23.9. The number of carboxylic acids is 1. The van der Waals surface area contributed by atoms with Crippen LogP contribution in [0, 0.1) is 5.92 Å². The van der Waals surface area contributed by atoms with Gasteiger partial charge in [0.25, 0.3) is 5.56 Å². The molecule has 4 N–H and O–H groups in total. The lowest BCUT2D eigenvalue weighted by Crippen LogP contribution is -2.51. The van der Waals surface area contributed by atoms with E-state index in [1.54, 1.807) is 17.6 Å². The number of benzene rings is 1. The van der Waals surface area contributed by atoms with Gasteiger partial charge >= 0.3 is 17.9 Å². The largest absolute Gasteiger partial charge is 0.480 e. The molecule has 3 aliphatic heterocycles.